The monoisotopic (exact) mass is 331 g/mol. The quantitative estimate of drug-likeness (QED) is 0.679. The van der Waals surface area contributed by atoms with Crippen LogP contribution in [0.4, 0.5) is 0 Å². The number of carboxylic acids is 1. The van der Waals surface area contributed by atoms with Crippen LogP contribution in [0.1, 0.15) is 32.1 Å². The Morgan fingerprint density at radius 3 is 2.67 bits per heavy atom. The molecule has 0 saturated carbocycles. The molecule has 1 amide bonds. The fourth-order valence-electron chi connectivity index (χ4n) is 2.41. The van der Waals surface area contributed by atoms with E-state index < -0.39 is 5.97 Å². The average Bonchev–Trinajstić information content (AvgIpc) is 2.56. The molecule has 0 aliphatic rings. The number of fused-ring (bicyclic) bond motifs is 1. The predicted octanol–water partition coefficient (Wildman–Crippen LogP) is 1.55. The van der Waals surface area contributed by atoms with Gasteiger partial charge in [0.05, 0.1) is 17.2 Å². The van der Waals surface area contributed by atoms with Crippen molar-refractivity contribution in [2.24, 2.45) is 0 Å². The molecule has 0 spiro atoms. The number of hydrogen-bond acceptors (Lipinski definition) is 4. The molecule has 0 unspecified atom stereocenters. The van der Waals surface area contributed by atoms with Gasteiger partial charge in [0, 0.05) is 13.0 Å². The minimum atomic E-state index is -0.780. The van der Waals surface area contributed by atoms with Crippen LogP contribution < -0.4 is 10.9 Å². The molecule has 0 aliphatic heterocycles. The summed E-state index contributed by atoms with van der Waals surface area (Å²) in [5.41, 5.74) is 0.380. The zero-order chi connectivity index (χ0) is 17.4. The van der Waals surface area contributed by atoms with Gasteiger partial charge in [0.25, 0.3) is 5.56 Å². The highest BCUT2D eigenvalue weighted by atomic mass is 16.4. The number of carboxylic acid groups (broad SMARTS) is 1. The minimum Gasteiger partial charge on any atom is -0.481 e. The molecule has 0 bridgehead atoms. The maximum Gasteiger partial charge on any atom is 0.303 e. The van der Waals surface area contributed by atoms with Gasteiger partial charge in [0.15, 0.2) is 0 Å². The lowest BCUT2D eigenvalue weighted by atomic mass is 10.1. The maximum absolute atomic E-state index is 12.3. The lowest BCUT2D eigenvalue weighted by molar-refractivity contribution is -0.137. The van der Waals surface area contributed by atoms with Crippen LogP contribution in [0.3, 0.4) is 0 Å². The lowest BCUT2D eigenvalue weighted by Crippen LogP contribution is -2.33. The van der Waals surface area contributed by atoms with Gasteiger partial charge in [-0.2, -0.15) is 0 Å². The molecule has 7 heteroatoms. The Balaban J connectivity index is 1.76. The summed E-state index contributed by atoms with van der Waals surface area (Å²) < 4.78 is 1.30. The zero-order valence-electron chi connectivity index (χ0n) is 13.4. The van der Waals surface area contributed by atoms with E-state index in [-0.39, 0.29) is 24.4 Å². The summed E-state index contributed by atoms with van der Waals surface area (Å²) in [6, 6.07) is 7.02. The first-order chi connectivity index (χ1) is 11.6. The number of amides is 1. The first kappa shape index (κ1) is 17.7. The number of carbonyl (C=O) groups excluding carboxylic acids is 1. The third kappa shape index (κ3) is 5.19. The van der Waals surface area contributed by atoms with Gasteiger partial charge in [0.2, 0.25) is 5.91 Å². The summed E-state index contributed by atoms with van der Waals surface area (Å²) in [5, 5.41) is 11.8. The number of aromatic nitrogens is 2. The van der Waals surface area contributed by atoms with Gasteiger partial charge < -0.3 is 10.4 Å². The predicted molar refractivity (Wildman–Crippen MR) is 89.7 cm³/mol. The number of nitrogens with one attached hydrogen (secondary N) is 1. The van der Waals surface area contributed by atoms with Crippen molar-refractivity contribution in [1.82, 2.24) is 14.9 Å². The molecule has 24 heavy (non-hydrogen) atoms. The van der Waals surface area contributed by atoms with Crippen LogP contribution in [0, 0.1) is 0 Å². The van der Waals surface area contributed by atoms with Gasteiger partial charge in [-0.25, -0.2) is 4.98 Å². The molecule has 1 heterocycles. The van der Waals surface area contributed by atoms with E-state index >= 15 is 0 Å². The molecule has 0 atom stereocenters. The number of hydrogen-bond donors (Lipinski definition) is 2. The molecule has 1 aromatic carbocycles. The van der Waals surface area contributed by atoms with Crippen molar-refractivity contribution in [3.8, 4) is 0 Å². The molecular weight excluding hydrogens is 310 g/mol. The van der Waals surface area contributed by atoms with Crippen LogP contribution in [-0.2, 0) is 16.1 Å². The van der Waals surface area contributed by atoms with Crippen molar-refractivity contribution in [2.75, 3.05) is 6.54 Å². The summed E-state index contributed by atoms with van der Waals surface area (Å²) >= 11 is 0. The van der Waals surface area contributed by atoms with Crippen molar-refractivity contribution >= 4 is 22.8 Å². The van der Waals surface area contributed by atoms with E-state index in [2.05, 4.69) is 10.3 Å². The van der Waals surface area contributed by atoms with Crippen molar-refractivity contribution in [2.45, 2.75) is 38.6 Å². The molecular formula is C17H21N3O4. The van der Waals surface area contributed by atoms with E-state index in [4.69, 9.17) is 5.11 Å². The molecule has 2 rings (SSSR count). The molecule has 2 N–H and O–H groups in total. The maximum atomic E-state index is 12.3. The van der Waals surface area contributed by atoms with Crippen LogP contribution in [-0.4, -0.2) is 33.1 Å². The molecule has 0 fully saturated rings. The highest BCUT2D eigenvalue weighted by molar-refractivity contribution is 5.78. The number of nitrogens with zero attached hydrogens (tertiary/aromatic N) is 2. The van der Waals surface area contributed by atoms with E-state index in [1.807, 2.05) is 6.07 Å². The second kappa shape index (κ2) is 8.81. The normalized spacial score (nSPS) is 10.7. The molecule has 0 aliphatic carbocycles. The van der Waals surface area contributed by atoms with Crippen LogP contribution in [0.5, 0.6) is 0 Å². The van der Waals surface area contributed by atoms with E-state index in [0.29, 0.717) is 23.9 Å². The third-order valence-electron chi connectivity index (χ3n) is 3.69. The van der Waals surface area contributed by atoms with Crippen molar-refractivity contribution < 1.29 is 14.7 Å². The molecule has 0 saturated heterocycles. The number of rotatable bonds is 9. The SMILES string of the molecule is O=C(O)CCCCCCNC(=O)Cn1cnc2ccccc2c1=O. The summed E-state index contributed by atoms with van der Waals surface area (Å²) in [6.45, 7) is 0.456. The second-order valence-corrected chi connectivity index (χ2v) is 5.60. The Hall–Kier alpha value is -2.70. The molecule has 7 nitrogen and oxygen atoms in total. The van der Waals surface area contributed by atoms with Crippen LogP contribution in [0.15, 0.2) is 35.4 Å². The van der Waals surface area contributed by atoms with Crippen molar-refractivity contribution in [3.05, 3.63) is 40.9 Å². The summed E-state index contributed by atoms with van der Waals surface area (Å²) in [5.74, 6) is -1.02. The van der Waals surface area contributed by atoms with Gasteiger partial charge in [-0.05, 0) is 25.0 Å². The molecule has 128 valence electrons. The van der Waals surface area contributed by atoms with Gasteiger partial charge in [-0.1, -0.05) is 25.0 Å². The van der Waals surface area contributed by atoms with E-state index in [9.17, 15) is 14.4 Å². The summed E-state index contributed by atoms with van der Waals surface area (Å²) in [6.07, 6.45) is 4.71. The topological polar surface area (TPSA) is 101 Å². The number of benzene rings is 1. The Morgan fingerprint density at radius 1 is 1.12 bits per heavy atom. The number of carbonyl (C=O) groups is 2. The summed E-state index contributed by atoms with van der Waals surface area (Å²) in [7, 11) is 0. The fraction of sp³-hybridized carbons (Fsp3) is 0.412. The highest BCUT2D eigenvalue weighted by Crippen LogP contribution is 2.04. The lowest BCUT2D eigenvalue weighted by Gasteiger charge is -2.08. The van der Waals surface area contributed by atoms with Gasteiger partial charge in [0.1, 0.15) is 6.54 Å². The Labute approximate surface area is 139 Å². The molecule has 2 aromatic rings. The zero-order valence-corrected chi connectivity index (χ0v) is 13.4. The first-order valence-electron chi connectivity index (χ1n) is 8.00. The Morgan fingerprint density at radius 2 is 1.88 bits per heavy atom. The Bertz CT molecular complexity index is 770. The third-order valence-corrected chi connectivity index (χ3v) is 3.69. The number of aliphatic carboxylic acids is 1. The van der Waals surface area contributed by atoms with Gasteiger partial charge >= 0.3 is 5.97 Å². The number of para-hydroxylation sites is 1. The molecule has 0 radical (unpaired) electrons. The van der Waals surface area contributed by atoms with Crippen LogP contribution in [0.2, 0.25) is 0 Å². The van der Waals surface area contributed by atoms with Crippen LogP contribution >= 0.6 is 0 Å². The van der Waals surface area contributed by atoms with E-state index in [1.54, 1.807) is 18.2 Å². The average molecular weight is 331 g/mol. The van der Waals surface area contributed by atoms with E-state index in [0.717, 1.165) is 19.3 Å². The highest BCUT2D eigenvalue weighted by Gasteiger charge is 2.07. The van der Waals surface area contributed by atoms with Gasteiger partial charge in [-0.15, -0.1) is 0 Å². The van der Waals surface area contributed by atoms with Crippen LogP contribution in [0.25, 0.3) is 10.9 Å². The first-order valence-corrected chi connectivity index (χ1v) is 8.00. The smallest absolute Gasteiger partial charge is 0.303 e. The van der Waals surface area contributed by atoms with Gasteiger partial charge in [-0.3, -0.25) is 19.0 Å². The Kier molecular flexibility index (Phi) is 6.48. The standard InChI is InChI=1S/C17H21N3O4/c21-15(18-10-6-2-1-3-9-16(22)23)11-20-12-19-14-8-5-4-7-13(14)17(20)24/h4-5,7-8,12H,1-3,6,9-11H2,(H,18,21)(H,22,23). The van der Waals surface area contributed by atoms with Crippen molar-refractivity contribution in [3.63, 3.8) is 0 Å². The second-order valence-electron chi connectivity index (χ2n) is 5.60. The largest absolute Gasteiger partial charge is 0.481 e. The van der Waals surface area contributed by atoms with E-state index in [1.165, 1.54) is 10.9 Å². The minimum absolute atomic E-state index is 0.0598. The fourth-order valence-corrected chi connectivity index (χ4v) is 2.41. The number of unbranched alkanes of at least 4 members (excludes halogenated alkanes) is 3. The van der Waals surface area contributed by atoms with Crippen molar-refractivity contribution in [1.29, 1.82) is 0 Å². The molecule has 1 aromatic heterocycles. The summed E-state index contributed by atoms with van der Waals surface area (Å²) in [4.78, 5) is 38.7.